The van der Waals surface area contributed by atoms with Gasteiger partial charge in [0.05, 0.1) is 30.0 Å². The highest BCUT2D eigenvalue weighted by atomic mass is 16.7. The van der Waals surface area contributed by atoms with Crippen LogP contribution >= 0.6 is 0 Å². The molecule has 3 aromatic carbocycles. The fourth-order valence-corrected chi connectivity index (χ4v) is 4.10. The van der Waals surface area contributed by atoms with Crippen LogP contribution in [0.25, 0.3) is 22.5 Å². The van der Waals surface area contributed by atoms with Gasteiger partial charge in [0.25, 0.3) is 0 Å². The number of rotatable bonds is 6. The van der Waals surface area contributed by atoms with Crippen molar-refractivity contribution < 1.29 is 14.3 Å². The number of aromatic nitrogens is 2. The zero-order valence-corrected chi connectivity index (χ0v) is 18.6. The lowest BCUT2D eigenvalue weighted by Crippen LogP contribution is -2.38. The highest BCUT2D eigenvalue weighted by Crippen LogP contribution is 2.38. The van der Waals surface area contributed by atoms with E-state index in [2.05, 4.69) is 41.0 Å². The average Bonchev–Trinajstić information content (AvgIpc) is 3.25. The molecule has 1 aromatic heterocycles. The summed E-state index contributed by atoms with van der Waals surface area (Å²) in [6.07, 6.45) is 0.256. The quantitative estimate of drug-likeness (QED) is 0.372. The zero-order valence-electron chi connectivity index (χ0n) is 18.6. The molecule has 166 valence electrons. The summed E-state index contributed by atoms with van der Waals surface area (Å²) in [4.78, 5) is 16.6. The van der Waals surface area contributed by atoms with E-state index < -0.39 is 11.7 Å². The van der Waals surface area contributed by atoms with Crippen molar-refractivity contribution in [1.82, 2.24) is 9.55 Å². The predicted octanol–water partition coefficient (Wildman–Crippen LogP) is 5.52. The van der Waals surface area contributed by atoms with Gasteiger partial charge in [0.15, 0.2) is 5.82 Å². The maximum absolute atomic E-state index is 11.5. The lowest BCUT2D eigenvalue weighted by molar-refractivity contribution is -0.227. The van der Waals surface area contributed by atoms with Crippen molar-refractivity contribution in [3.63, 3.8) is 0 Å². The summed E-state index contributed by atoms with van der Waals surface area (Å²) in [5, 5.41) is 0. The maximum Gasteiger partial charge on any atom is 0.217 e. The van der Waals surface area contributed by atoms with Gasteiger partial charge in [-0.2, -0.15) is 0 Å². The van der Waals surface area contributed by atoms with Gasteiger partial charge in [-0.1, -0.05) is 91.0 Å². The molecule has 1 aliphatic rings. The monoisotopic (exact) mass is 438 g/mol. The molecule has 33 heavy (non-hydrogen) atoms. The fraction of sp³-hybridized carbons (Fsp3) is 0.214. The van der Waals surface area contributed by atoms with E-state index in [1.807, 2.05) is 61.5 Å². The minimum absolute atomic E-state index is 0.292. The Hall–Kier alpha value is -3.54. The number of imidazole rings is 1. The lowest BCUT2D eigenvalue weighted by atomic mass is 9.95. The summed E-state index contributed by atoms with van der Waals surface area (Å²) >= 11 is 0. The Balaban J connectivity index is 1.68. The molecule has 0 radical (unpaired) electrons. The molecule has 4 aromatic rings. The van der Waals surface area contributed by atoms with E-state index in [1.165, 1.54) is 0 Å². The van der Waals surface area contributed by atoms with Crippen molar-refractivity contribution in [2.45, 2.75) is 19.8 Å². The van der Waals surface area contributed by atoms with E-state index in [-0.39, 0.29) is 0 Å². The van der Waals surface area contributed by atoms with Crippen LogP contribution in [-0.2, 0) is 20.8 Å². The van der Waals surface area contributed by atoms with Gasteiger partial charge in [-0.3, -0.25) is 0 Å². The number of nitrogens with zero attached hydrogens (tertiary/aromatic N) is 2. The molecule has 0 aliphatic carbocycles. The van der Waals surface area contributed by atoms with Crippen molar-refractivity contribution in [1.29, 1.82) is 0 Å². The third-order valence-electron chi connectivity index (χ3n) is 5.90. The first-order valence-corrected chi connectivity index (χ1v) is 11.1. The third kappa shape index (κ3) is 4.38. The standard InChI is InChI=1S/C28H26N2O3/c1-28(18-31)19-32-27(33-20-28)26-29-24(22-13-7-3-8-14-22)25(23-15-9-4-10-16-23)30(26)17-21-11-5-2-6-12-21/h2-16,18,27H,17,19-20H2,1H3. The minimum atomic E-state index is -0.651. The molecule has 0 bridgehead atoms. The molecule has 1 aliphatic heterocycles. The van der Waals surface area contributed by atoms with Gasteiger partial charge in [0.1, 0.15) is 6.29 Å². The largest absolute Gasteiger partial charge is 0.345 e. The molecule has 1 fully saturated rings. The molecule has 0 atom stereocenters. The molecule has 0 unspecified atom stereocenters. The summed E-state index contributed by atoms with van der Waals surface area (Å²) in [5.41, 5.74) is 4.50. The summed E-state index contributed by atoms with van der Waals surface area (Å²) in [7, 11) is 0. The Labute approximate surface area is 193 Å². The van der Waals surface area contributed by atoms with Crippen LogP contribution in [0.5, 0.6) is 0 Å². The Bertz CT molecular complexity index is 1210. The van der Waals surface area contributed by atoms with Crippen LogP contribution in [0.1, 0.15) is 24.6 Å². The number of ether oxygens (including phenoxy) is 2. The molecule has 1 saturated heterocycles. The number of carbonyl (C=O) groups excluding carboxylic acids is 1. The smallest absolute Gasteiger partial charge is 0.217 e. The van der Waals surface area contributed by atoms with Crippen LogP contribution in [0, 0.1) is 5.41 Å². The van der Waals surface area contributed by atoms with E-state index in [4.69, 9.17) is 14.5 Å². The van der Waals surface area contributed by atoms with Gasteiger partial charge in [-0.05, 0) is 12.5 Å². The molecular weight excluding hydrogens is 412 g/mol. The Morgan fingerprint density at radius 3 is 2.00 bits per heavy atom. The number of benzene rings is 3. The number of aldehydes is 1. The van der Waals surface area contributed by atoms with Crippen molar-refractivity contribution >= 4 is 6.29 Å². The highest BCUT2D eigenvalue weighted by Gasteiger charge is 2.36. The van der Waals surface area contributed by atoms with Gasteiger partial charge < -0.3 is 18.8 Å². The number of hydrogen-bond acceptors (Lipinski definition) is 4. The van der Waals surface area contributed by atoms with Crippen LogP contribution < -0.4 is 0 Å². The Kier molecular flexibility index (Phi) is 5.90. The van der Waals surface area contributed by atoms with E-state index in [9.17, 15) is 4.79 Å². The molecule has 5 nitrogen and oxygen atoms in total. The van der Waals surface area contributed by atoms with Crippen molar-refractivity contribution in [3.8, 4) is 22.5 Å². The first kappa shape index (κ1) is 21.3. The van der Waals surface area contributed by atoms with Crippen LogP contribution in [0.4, 0.5) is 0 Å². The topological polar surface area (TPSA) is 53.3 Å². The van der Waals surface area contributed by atoms with Crippen molar-refractivity contribution in [2.75, 3.05) is 13.2 Å². The summed E-state index contributed by atoms with van der Waals surface area (Å²) in [6, 6.07) is 30.7. The Morgan fingerprint density at radius 1 is 0.879 bits per heavy atom. The minimum Gasteiger partial charge on any atom is -0.345 e. The van der Waals surface area contributed by atoms with E-state index in [0.29, 0.717) is 25.6 Å². The first-order valence-electron chi connectivity index (χ1n) is 11.1. The van der Waals surface area contributed by atoms with Crippen molar-refractivity contribution in [2.24, 2.45) is 5.41 Å². The van der Waals surface area contributed by atoms with Gasteiger partial charge in [0, 0.05) is 17.7 Å². The molecule has 0 spiro atoms. The van der Waals surface area contributed by atoms with Crippen LogP contribution in [0.15, 0.2) is 91.0 Å². The maximum atomic E-state index is 11.5. The van der Waals surface area contributed by atoms with Crippen molar-refractivity contribution in [3.05, 3.63) is 102 Å². The highest BCUT2D eigenvalue weighted by molar-refractivity contribution is 5.79. The van der Waals surface area contributed by atoms with E-state index in [0.717, 1.165) is 34.4 Å². The molecule has 2 heterocycles. The SMILES string of the molecule is CC1(C=O)COC(c2nc(-c3ccccc3)c(-c3ccccc3)n2Cc2ccccc2)OC1. The summed E-state index contributed by atoms with van der Waals surface area (Å²) < 4.78 is 14.3. The second-order valence-corrected chi connectivity index (χ2v) is 8.70. The van der Waals surface area contributed by atoms with E-state index in [1.54, 1.807) is 0 Å². The molecule has 0 saturated carbocycles. The lowest BCUT2D eigenvalue weighted by Gasteiger charge is -2.33. The van der Waals surface area contributed by atoms with Gasteiger partial charge >= 0.3 is 0 Å². The van der Waals surface area contributed by atoms with Crippen LogP contribution in [0.3, 0.4) is 0 Å². The third-order valence-corrected chi connectivity index (χ3v) is 5.90. The van der Waals surface area contributed by atoms with Gasteiger partial charge in [0.2, 0.25) is 6.29 Å². The predicted molar refractivity (Wildman–Crippen MR) is 127 cm³/mol. The Morgan fingerprint density at radius 2 is 1.42 bits per heavy atom. The molecule has 5 rings (SSSR count). The normalized spacial score (nSPS) is 20.5. The first-order chi connectivity index (χ1) is 16.2. The van der Waals surface area contributed by atoms with Gasteiger partial charge in [-0.25, -0.2) is 4.98 Å². The molecule has 5 heteroatoms. The number of carbonyl (C=O) groups is 1. The summed E-state index contributed by atoms with van der Waals surface area (Å²) in [6.45, 7) is 3.05. The summed E-state index contributed by atoms with van der Waals surface area (Å²) in [5.74, 6) is 0.699. The molecular formula is C28H26N2O3. The van der Waals surface area contributed by atoms with E-state index >= 15 is 0 Å². The zero-order chi connectivity index (χ0) is 22.7. The fourth-order valence-electron chi connectivity index (χ4n) is 4.10. The second kappa shape index (κ2) is 9.14. The molecule has 0 amide bonds. The second-order valence-electron chi connectivity index (χ2n) is 8.70. The van der Waals surface area contributed by atoms with Gasteiger partial charge in [-0.15, -0.1) is 0 Å². The number of hydrogen-bond donors (Lipinski definition) is 0. The molecule has 0 N–H and O–H groups in total. The average molecular weight is 439 g/mol. The van der Waals surface area contributed by atoms with Crippen LogP contribution in [0.2, 0.25) is 0 Å². The van der Waals surface area contributed by atoms with Crippen LogP contribution in [-0.4, -0.2) is 29.1 Å².